The van der Waals surface area contributed by atoms with Crippen molar-refractivity contribution in [3.8, 4) is 11.4 Å². The van der Waals surface area contributed by atoms with Crippen LogP contribution in [0.4, 0.5) is 0 Å². The van der Waals surface area contributed by atoms with E-state index in [1.807, 2.05) is 18.2 Å². The van der Waals surface area contributed by atoms with E-state index in [1.165, 1.54) is 0 Å². The lowest BCUT2D eigenvalue weighted by atomic mass is 10.2. The Labute approximate surface area is 109 Å². The summed E-state index contributed by atoms with van der Waals surface area (Å²) in [6.07, 6.45) is 0. The Morgan fingerprint density at radius 2 is 1.80 bits per heavy atom. The minimum Gasteiger partial charge on any atom is -0.131 e. The molecule has 1 heterocycles. The number of nitrogens with zero attached hydrogens (tertiary/aromatic N) is 4. The van der Waals surface area contributed by atoms with Crippen LogP contribution in [0.3, 0.4) is 0 Å². The summed E-state index contributed by atoms with van der Waals surface area (Å²) in [6.45, 7) is 1.76. The molecule has 6 heteroatoms. The predicted octanol–water partition coefficient (Wildman–Crippen LogP) is 2.61. The van der Waals surface area contributed by atoms with Crippen LogP contribution in [-0.2, 0) is 0 Å². The standard InChI is InChI=1S/C9H6BrIN4/c1-5-12-14-9(15-13-5)7-3-2-6(11)4-8(7)10/h2-4H,1H3. The molecule has 0 aliphatic rings. The molecular formula is C9H6BrIN4. The molecule has 0 N–H and O–H groups in total. The van der Waals surface area contributed by atoms with Gasteiger partial charge in [-0.15, -0.1) is 20.4 Å². The van der Waals surface area contributed by atoms with Gasteiger partial charge in [-0.3, -0.25) is 0 Å². The molecule has 0 atom stereocenters. The molecule has 0 bridgehead atoms. The van der Waals surface area contributed by atoms with E-state index in [9.17, 15) is 0 Å². The minimum atomic E-state index is 0.531. The lowest BCUT2D eigenvalue weighted by Gasteiger charge is -2.01. The van der Waals surface area contributed by atoms with Gasteiger partial charge in [-0.25, -0.2) is 0 Å². The second-order valence-corrected chi connectivity index (χ2v) is 4.99. The fourth-order valence-corrected chi connectivity index (χ4v) is 2.53. The monoisotopic (exact) mass is 376 g/mol. The van der Waals surface area contributed by atoms with Gasteiger partial charge in [-0.05, 0) is 63.6 Å². The molecule has 15 heavy (non-hydrogen) atoms. The van der Waals surface area contributed by atoms with Gasteiger partial charge >= 0.3 is 0 Å². The van der Waals surface area contributed by atoms with Crippen LogP contribution < -0.4 is 0 Å². The summed E-state index contributed by atoms with van der Waals surface area (Å²) in [5, 5.41) is 15.7. The average molecular weight is 377 g/mol. The van der Waals surface area contributed by atoms with Crippen molar-refractivity contribution in [1.29, 1.82) is 0 Å². The molecule has 0 aliphatic carbocycles. The van der Waals surface area contributed by atoms with Crippen LogP contribution in [0, 0.1) is 10.5 Å². The largest absolute Gasteiger partial charge is 0.204 e. The van der Waals surface area contributed by atoms with Crippen LogP contribution in [0.1, 0.15) is 5.82 Å². The van der Waals surface area contributed by atoms with Crippen molar-refractivity contribution in [3.05, 3.63) is 32.1 Å². The lowest BCUT2D eigenvalue weighted by Crippen LogP contribution is -1.99. The van der Waals surface area contributed by atoms with Crippen molar-refractivity contribution in [2.45, 2.75) is 6.92 Å². The first kappa shape index (κ1) is 10.9. The highest BCUT2D eigenvalue weighted by Crippen LogP contribution is 2.26. The Bertz CT molecular complexity index is 486. The first-order valence-electron chi connectivity index (χ1n) is 4.16. The third-order valence-electron chi connectivity index (χ3n) is 1.75. The minimum absolute atomic E-state index is 0.531. The van der Waals surface area contributed by atoms with E-state index in [-0.39, 0.29) is 0 Å². The van der Waals surface area contributed by atoms with Crippen molar-refractivity contribution < 1.29 is 0 Å². The number of hydrogen-bond donors (Lipinski definition) is 0. The molecule has 1 aromatic carbocycles. The van der Waals surface area contributed by atoms with Crippen LogP contribution in [0.5, 0.6) is 0 Å². The summed E-state index contributed by atoms with van der Waals surface area (Å²) >= 11 is 5.71. The Hall–Kier alpha value is -0.630. The lowest BCUT2D eigenvalue weighted by molar-refractivity contribution is 0.815. The fourth-order valence-electron chi connectivity index (χ4n) is 1.06. The van der Waals surface area contributed by atoms with E-state index < -0.39 is 0 Å². The zero-order valence-electron chi connectivity index (χ0n) is 7.78. The average Bonchev–Trinajstić information content (AvgIpc) is 2.20. The third kappa shape index (κ3) is 2.49. The maximum absolute atomic E-state index is 3.98. The maximum Gasteiger partial charge on any atom is 0.204 e. The quantitative estimate of drug-likeness (QED) is 0.718. The molecule has 0 aliphatic heterocycles. The summed E-state index contributed by atoms with van der Waals surface area (Å²) in [4.78, 5) is 0. The van der Waals surface area contributed by atoms with Gasteiger partial charge in [0.15, 0.2) is 5.82 Å². The van der Waals surface area contributed by atoms with Crippen molar-refractivity contribution in [2.75, 3.05) is 0 Å². The number of rotatable bonds is 1. The van der Waals surface area contributed by atoms with Gasteiger partial charge < -0.3 is 0 Å². The summed E-state index contributed by atoms with van der Waals surface area (Å²) < 4.78 is 2.10. The van der Waals surface area contributed by atoms with Crippen LogP contribution in [0.2, 0.25) is 0 Å². The number of aromatic nitrogens is 4. The Morgan fingerprint density at radius 3 is 2.40 bits per heavy atom. The van der Waals surface area contributed by atoms with Gasteiger partial charge in [0.05, 0.1) is 0 Å². The van der Waals surface area contributed by atoms with E-state index >= 15 is 0 Å². The molecule has 76 valence electrons. The van der Waals surface area contributed by atoms with Gasteiger partial charge in [-0.2, -0.15) is 0 Å². The first-order chi connectivity index (χ1) is 7.16. The van der Waals surface area contributed by atoms with Crippen molar-refractivity contribution in [1.82, 2.24) is 20.4 Å². The molecule has 0 spiro atoms. The van der Waals surface area contributed by atoms with Crippen LogP contribution in [0.25, 0.3) is 11.4 Å². The van der Waals surface area contributed by atoms with Gasteiger partial charge in [-0.1, -0.05) is 0 Å². The molecule has 2 rings (SSSR count). The SMILES string of the molecule is Cc1nnc(-c2ccc(I)cc2Br)nn1. The van der Waals surface area contributed by atoms with E-state index in [1.54, 1.807) is 6.92 Å². The summed E-state index contributed by atoms with van der Waals surface area (Å²) in [5.41, 5.74) is 0.899. The fraction of sp³-hybridized carbons (Fsp3) is 0.111. The number of hydrogen-bond acceptors (Lipinski definition) is 4. The van der Waals surface area contributed by atoms with Gasteiger partial charge in [0.25, 0.3) is 0 Å². The van der Waals surface area contributed by atoms with E-state index in [0.29, 0.717) is 11.6 Å². The first-order valence-corrected chi connectivity index (χ1v) is 6.03. The normalized spacial score (nSPS) is 10.3. The third-order valence-corrected chi connectivity index (χ3v) is 3.08. The smallest absolute Gasteiger partial charge is 0.131 e. The Balaban J connectivity index is 2.49. The van der Waals surface area contributed by atoms with Crippen molar-refractivity contribution >= 4 is 38.5 Å². The molecule has 0 saturated carbocycles. The molecule has 0 radical (unpaired) electrons. The zero-order chi connectivity index (χ0) is 10.8. The van der Waals surface area contributed by atoms with Gasteiger partial charge in [0, 0.05) is 13.6 Å². The molecule has 1 aromatic heterocycles. The van der Waals surface area contributed by atoms with Gasteiger partial charge in [0.2, 0.25) is 5.82 Å². The van der Waals surface area contributed by atoms with E-state index in [0.717, 1.165) is 13.6 Å². The highest BCUT2D eigenvalue weighted by atomic mass is 127. The zero-order valence-corrected chi connectivity index (χ0v) is 11.5. The topological polar surface area (TPSA) is 51.6 Å². The summed E-state index contributed by atoms with van der Waals surface area (Å²) in [5.74, 6) is 1.10. The van der Waals surface area contributed by atoms with Gasteiger partial charge in [0.1, 0.15) is 0 Å². The number of benzene rings is 1. The Morgan fingerprint density at radius 1 is 1.13 bits per heavy atom. The Kier molecular flexibility index (Phi) is 3.25. The second-order valence-electron chi connectivity index (χ2n) is 2.89. The molecule has 4 nitrogen and oxygen atoms in total. The summed E-state index contributed by atoms with van der Waals surface area (Å²) in [7, 11) is 0. The second kappa shape index (κ2) is 4.48. The molecule has 2 aromatic rings. The highest BCUT2D eigenvalue weighted by Gasteiger charge is 2.07. The highest BCUT2D eigenvalue weighted by molar-refractivity contribution is 14.1. The van der Waals surface area contributed by atoms with Crippen LogP contribution in [0.15, 0.2) is 22.7 Å². The van der Waals surface area contributed by atoms with Crippen LogP contribution >= 0.6 is 38.5 Å². The number of halogens is 2. The van der Waals surface area contributed by atoms with E-state index in [4.69, 9.17) is 0 Å². The molecular weight excluding hydrogens is 371 g/mol. The molecule has 0 amide bonds. The molecule has 0 fully saturated rings. The molecule has 0 unspecified atom stereocenters. The van der Waals surface area contributed by atoms with Crippen molar-refractivity contribution in [2.24, 2.45) is 0 Å². The van der Waals surface area contributed by atoms with Crippen molar-refractivity contribution in [3.63, 3.8) is 0 Å². The molecule has 0 saturated heterocycles. The van der Waals surface area contributed by atoms with Crippen LogP contribution in [-0.4, -0.2) is 20.4 Å². The maximum atomic E-state index is 3.98. The predicted molar refractivity (Wildman–Crippen MR) is 68.2 cm³/mol. The summed E-state index contributed by atoms with van der Waals surface area (Å²) in [6, 6.07) is 5.93. The number of aryl methyl sites for hydroxylation is 1. The van der Waals surface area contributed by atoms with E-state index in [2.05, 4.69) is 58.9 Å².